The van der Waals surface area contributed by atoms with Crippen LogP contribution in [0.4, 0.5) is 10.1 Å². The van der Waals surface area contributed by atoms with Gasteiger partial charge in [-0.3, -0.25) is 9.69 Å². The minimum atomic E-state index is -0.226. The van der Waals surface area contributed by atoms with E-state index in [0.29, 0.717) is 18.3 Å². The van der Waals surface area contributed by atoms with Crippen molar-refractivity contribution in [3.05, 3.63) is 53.7 Å². The summed E-state index contributed by atoms with van der Waals surface area (Å²) in [7, 11) is 1.58. The quantitative estimate of drug-likeness (QED) is 0.884. The molecule has 0 aliphatic carbocycles. The number of furan rings is 1. The molecule has 1 aliphatic heterocycles. The maximum Gasteiger partial charge on any atom is 0.286 e. The zero-order valence-corrected chi connectivity index (χ0v) is 13.7. The number of likely N-dealkylation sites (tertiary alicyclic amines) is 1. The Morgan fingerprint density at radius 1 is 1.29 bits per heavy atom. The molecule has 0 radical (unpaired) electrons. The number of hydrogen-bond donors (Lipinski definition) is 2. The van der Waals surface area contributed by atoms with Gasteiger partial charge in [-0.05, 0) is 55.8 Å². The molecule has 0 saturated carbocycles. The van der Waals surface area contributed by atoms with E-state index >= 15 is 0 Å². The number of carbonyl (C=O) groups is 1. The maximum atomic E-state index is 13.0. The molecule has 2 heterocycles. The number of nitrogens with zero attached hydrogens (tertiary/aromatic N) is 1. The fraction of sp³-hybridized carbons (Fsp3) is 0.389. The van der Waals surface area contributed by atoms with Crippen molar-refractivity contribution in [3.63, 3.8) is 0 Å². The van der Waals surface area contributed by atoms with Gasteiger partial charge in [0.05, 0.1) is 6.54 Å². The van der Waals surface area contributed by atoms with Gasteiger partial charge in [0.1, 0.15) is 11.6 Å². The van der Waals surface area contributed by atoms with Crippen LogP contribution in [0.15, 0.2) is 40.8 Å². The smallest absolute Gasteiger partial charge is 0.286 e. The number of hydrogen-bond acceptors (Lipinski definition) is 4. The summed E-state index contributed by atoms with van der Waals surface area (Å²) in [6.07, 6.45) is 2.16. The van der Waals surface area contributed by atoms with Gasteiger partial charge in [-0.15, -0.1) is 0 Å². The largest absolute Gasteiger partial charge is 0.455 e. The van der Waals surface area contributed by atoms with Crippen molar-refractivity contribution in [1.29, 1.82) is 0 Å². The normalized spacial score (nSPS) is 18.3. The van der Waals surface area contributed by atoms with Crippen molar-refractivity contribution in [1.82, 2.24) is 10.2 Å². The van der Waals surface area contributed by atoms with Crippen LogP contribution in [-0.4, -0.2) is 37.0 Å². The van der Waals surface area contributed by atoms with Crippen molar-refractivity contribution in [3.8, 4) is 0 Å². The van der Waals surface area contributed by atoms with Gasteiger partial charge in [-0.2, -0.15) is 0 Å². The first-order valence-corrected chi connectivity index (χ1v) is 8.19. The number of halogens is 1. The van der Waals surface area contributed by atoms with E-state index in [1.165, 1.54) is 12.1 Å². The number of anilines is 1. The van der Waals surface area contributed by atoms with Crippen LogP contribution in [-0.2, 0) is 6.54 Å². The molecular weight excluding hydrogens is 309 g/mol. The summed E-state index contributed by atoms with van der Waals surface area (Å²) in [5, 5.41) is 6.01. The minimum absolute atomic E-state index is 0.212. The molecule has 1 saturated heterocycles. The van der Waals surface area contributed by atoms with Gasteiger partial charge < -0.3 is 15.1 Å². The predicted octanol–water partition coefficient (Wildman–Crippen LogP) is 2.85. The van der Waals surface area contributed by atoms with Crippen molar-refractivity contribution >= 4 is 11.6 Å². The molecule has 1 aliphatic rings. The lowest BCUT2D eigenvalue weighted by Crippen LogP contribution is -2.41. The second-order valence-electron chi connectivity index (χ2n) is 6.07. The molecule has 3 rings (SSSR count). The average Bonchev–Trinajstić information content (AvgIpc) is 3.05. The molecule has 0 spiro atoms. The van der Waals surface area contributed by atoms with Gasteiger partial charge in [0, 0.05) is 25.3 Å². The average molecular weight is 331 g/mol. The van der Waals surface area contributed by atoms with Crippen LogP contribution in [0.1, 0.15) is 29.2 Å². The van der Waals surface area contributed by atoms with E-state index in [2.05, 4.69) is 15.5 Å². The van der Waals surface area contributed by atoms with E-state index < -0.39 is 0 Å². The van der Waals surface area contributed by atoms with E-state index in [9.17, 15) is 9.18 Å². The number of carbonyl (C=O) groups excluding carboxylic acids is 1. The van der Waals surface area contributed by atoms with Crippen LogP contribution < -0.4 is 10.6 Å². The van der Waals surface area contributed by atoms with E-state index in [0.717, 1.165) is 37.4 Å². The molecule has 6 heteroatoms. The Morgan fingerprint density at radius 2 is 2.08 bits per heavy atom. The standard InChI is InChI=1S/C18H22FN3O2/c1-20-18(23)17-9-8-16(24-17)12-22-10-2-3-15(11-22)21-14-6-4-13(19)5-7-14/h4-9,15,21H,2-3,10-12H2,1H3,(H,20,23). The Bertz CT molecular complexity index is 684. The molecule has 1 aromatic heterocycles. The van der Waals surface area contributed by atoms with Crippen LogP contribution in [0.3, 0.4) is 0 Å². The second kappa shape index (κ2) is 7.49. The number of piperidine rings is 1. The number of benzene rings is 1. The molecule has 0 bridgehead atoms. The molecule has 24 heavy (non-hydrogen) atoms. The first-order valence-electron chi connectivity index (χ1n) is 8.19. The Labute approximate surface area is 140 Å². The molecule has 2 N–H and O–H groups in total. The third-order valence-electron chi connectivity index (χ3n) is 4.21. The minimum Gasteiger partial charge on any atom is -0.455 e. The molecular formula is C18H22FN3O2. The van der Waals surface area contributed by atoms with Gasteiger partial charge in [-0.25, -0.2) is 4.39 Å². The van der Waals surface area contributed by atoms with Gasteiger partial charge in [0.2, 0.25) is 0 Å². The van der Waals surface area contributed by atoms with E-state index in [1.54, 1.807) is 25.2 Å². The molecule has 1 unspecified atom stereocenters. The van der Waals surface area contributed by atoms with Crippen LogP contribution in [0.25, 0.3) is 0 Å². The molecule has 1 atom stereocenters. The van der Waals surface area contributed by atoms with Crippen molar-refractivity contribution in [2.75, 3.05) is 25.5 Å². The highest BCUT2D eigenvalue weighted by molar-refractivity contribution is 5.91. The summed E-state index contributed by atoms with van der Waals surface area (Å²) in [6.45, 7) is 2.56. The first kappa shape index (κ1) is 16.5. The zero-order chi connectivity index (χ0) is 16.9. The van der Waals surface area contributed by atoms with Gasteiger partial charge in [0.15, 0.2) is 5.76 Å². The predicted molar refractivity (Wildman–Crippen MR) is 90.4 cm³/mol. The van der Waals surface area contributed by atoms with Crippen LogP contribution in [0.2, 0.25) is 0 Å². The highest BCUT2D eigenvalue weighted by Crippen LogP contribution is 2.19. The Morgan fingerprint density at radius 3 is 2.83 bits per heavy atom. The molecule has 2 aromatic rings. The Kier molecular flexibility index (Phi) is 5.15. The fourth-order valence-corrected chi connectivity index (χ4v) is 3.03. The fourth-order valence-electron chi connectivity index (χ4n) is 3.03. The van der Waals surface area contributed by atoms with E-state index in [-0.39, 0.29) is 11.7 Å². The van der Waals surface area contributed by atoms with E-state index in [4.69, 9.17) is 4.42 Å². The zero-order valence-electron chi connectivity index (χ0n) is 13.7. The highest BCUT2D eigenvalue weighted by atomic mass is 19.1. The van der Waals surface area contributed by atoms with Crippen molar-refractivity contribution in [2.45, 2.75) is 25.4 Å². The summed E-state index contributed by atoms with van der Waals surface area (Å²) in [4.78, 5) is 13.8. The third kappa shape index (κ3) is 4.14. The monoisotopic (exact) mass is 331 g/mol. The lowest BCUT2D eigenvalue weighted by atomic mass is 10.1. The first-order chi connectivity index (χ1) is 11.6. The molecule has 5 nitrogen and oxygen atoms in total. The lowest BCUT2D eigenvalue weighted by Gasteiger charge is -2.33. The van der Waals surface area contributed by atoms with Gasteiger partial charge in [0.25, 0.3) is 5.91 Å². The van der Waals surface area contributed by atoms with Crippen LogP contribution >= 0.6 is 0 Å². The molecule has 1 fully saturated rings. The maximum absolute atomic E-state index is 13.0. The Hall–Kier alpha value is -2.34. The van der Waals surface area contributed by atoms with E-state index in [1.807, 2.05) is 6.07 Å². The second-order valence-corrected chi connectivity index (χ2v) is 6.07. The van der Waals surface area contributed by atoms with Crippen molar-refractivity contribution < 1.29 is 13.6 Å². The number of amides is 1. The van der Waals surface area contributed by atoms with Crippen LogP contribution in [0.5, 0.6) is 0 Å². The summed E-state index contributed by atoms with van der Waals surface area (Å²) >= 11 is 0. The lowest BCUT2D eigenvalue weighted by molar-refractivity contribution is 0.0930. The molecule has 1 aromatic carbocycles. The van der Waals surface area contributed by atoms with Crippen molar-refractivity contribution in [2.24, 2.45) is 0 Å². The SMILES string of the molecule is CNC(=O)c1ccc(CN2CCCC(Nc3ccc(F)cc3)C2)o1. The number of rotatable bonds is 5. The van der Waals surface area contributed by atoms with Crippen LogP contribution in [0, 0.1) is 5.82 Å². The van der Waals surface area contributed by atoms with Gasteiger partial charge in [-0.1, -0.05) is 0 Å². The van der Waals surface area contributed by atoms with Gasteiger partial charge >= 0.3 is 0 Å². The highest BCUT2D eigenvalue weighted by Gasteiger charge is 2.21. The summed E-state index contributed by atoms with van der Waals surface area (Å²) in [6, 6.07) is 10.3. The summed E-state index contributed by atoms with van der Waals surface area (Å²) < 4.78 is 18.6. The summed E-state index contributed by atoms with van der Waals surface area (Å²) in [5.74, 6) is 0.688. The Balaban J connectivity index is 1.56. The summed E-state index contributed by atoms with van der Waals surface area (Å²) in [5.41, 5.74) is 0.933. The number of nitrogens with one attached hydrogen (secondary N) is 2. The molecule has 1 amide bonds. The topological polar surface area (TPSA) is 57.5 Å². The molecule has 128 valence electrons. The third-order valence-corrected chi connectivity index (χ3v) is 4.21.